The average Bonchev–Trinajstić information content (AvgIpc) is 2.22. The molecule has 2 heteroatoms. The zero-order valence-electron chi connectivity index (χ0n) is 9.64. The zero-order valence-corrected chi connectivity index (χ0v) is 9.64. The minimum Gasteiger partial charge on any atom is -0.300 e. The minimum atomic E-state index is -0.00704. The van der Waals surface area contributed by atoms with Crippen LogP contribution in [0.1, 0.15) is 59.3 Å². The van der Waals surface area contributed by atoms with Gasteiger partial charge in [-0.15, -0.1) is 0 Å². The molecular formula is C12H22O2. The van der Waals surface area contributed by atoms with Gasteiger partial charge in [0.2, 0.25) is 0 Å². The van der Waals surface area contributed by atoms with Crippen LogP contribution in [-0.2, 0) is 9.59 Å². The predicted molar refractivity (Wildman–Crippen MR) is 58.2 cm³/mol. The Kier molecular flexibility index (Phi) is 7.35. The molecule has 14 heavy (non-hydrogen) atoms. The molecule has 0 N–H and O–H groups in total. The summed E-state index contributed by atoms with van der Waals surface area (Å²) in [5, 5.41) is 0. The van der Waals surface area contributed by atoms with Crippen molar-refractivity contribution < 1.29 is 9.59 Å². The molecule has 1 atom stereocenters. The summed E-state index contributed by atoms with van der Waals surface area (Å²) < 4.78 is 0. The second kappa shape index (κ2) is 7.72. The number of unbranched alkanes of at least 4 members (excludes halogenated alkanes) is 1. The van der Waals surface area contributed by atoms with Gasteiger partial charge >= 0.3 is 0 Å². The van der Waals surface area contributed by atoms with Gasteiger partial charge in [0, 0.05) is 25.2 Å². The van der Waals surface area contributed by atoms with Crippen LogP contribution in [0.3, 0.4) is 0 Å². The Hall–Kier alpha value is -0.660. The summed E-state index contributed by atoms with van der Waals surface area (Å²) in [6.45, 7) is 5.84. The molecule has 0 saturated carbocycles. The highest BCUT2D eigenvalue weighted by atomic mass is 16.1. The lowest BCUT2D eigenvalue weighted by molar-refractivity contribution is -0.128. The maximum atomic E-state index is 11.5. The Morgan fingerprint density at radius 2 is 1.71 bits per heavy atom. The van der Waals surface area contributed by atoms with E-state index in [1.807, 2.05) is 13.8 Å². The molecule has 0 aliphatic rings. The SMILES string of the molecule is CCCCC(CC(=O)CC)C(=O)CC. The highest BCUT2D eigenvalue weighted by Crippen LogP contribution is 2.16. The Labute approximate surface area is 87.1 Å². The van der Waals surface area contributed by atoms with Crippen molar-refractivity contribution in [3.8, 4) is 0 Å². The average molecular weight is 198 g/mol. The van der Waals surface area contributed by atoms with Crippen LogP contribution in [0.5, 0.6) is 0 Å². The van der Waals surface area contributed by atoms with Crippen molar-refractivity contribution in [2.75, 3.05) is 0 Å². The van der Waals surface area contributed by atoms with E-state index in [4.69, 9.17) is 0 Å². The van der Waals surface area contributed by atoms with E-state index >= 15 is 0 Å². The van der Waals surface area contributed by atoms with E-state index < -0.39 is 0 Å². The lowest BCUT2D eigenvalue weighted by atomic mass is 9.90. The molecule has 0 spiro atoms. The maximum Gasteiger partial charge on any atom is 0.136 e. The molecule has 0 radical (unpaired) electrons. The van der Waals surface area contributed by atoms with Gasteiger partial charge in [-0.1, -0.05) is 33.6 Å². The second-order valence-electron chi connectivity index (χ2n) is 3.76. The first-order valence-corrected chi connectivity index (χ1v) is 5.70. The van der Waals surface area contributed by atoms with Gasteiger partial charge in [-0.3, -0.25) is 9.59 Å². The molecule has 2 nitrogen and oxygen atoms in total. The zero-order chi connectivity index (χ0) is 11.0. The van der Waals surface area contributed by atoms with E-state index in [0.29, 0.717) is 19.3 Å². The van der Waals surface area contributed by atoms with E-state index in [0.717, 1.165) is 19.3 Å². The van der Waals surface area contributed by atoms with Crippen LogP contribution in [-0.4, -0.2) is 11.6 Å². The van der Waals surface area contributed by atoms with Gasteiger partial charge in [0.1, 0.15) is 11.6 Å². The van der Waals surface area contributed by atoms with Crippen molar-refractivity contribution in [2.24, 2.45) is 5.92 Å². The van der Waals surface area contributed by atoms with Gasteiger partial charge in [0.05, 0.1) is 0 Å². The number of carbonyl (C=O) groups is 2. The summed E-state index contributed by atoms with van der Waals surface area (Å²) in [7, 11) is 0. The van der Waals surface area contributed by atoms with Crippen LogP contribution in [0.2, 0.25) is 0 Å². The lowest BCUT2D eigenvalue weighted by Gasteiger charge is -2.12. The van der Waals surface area contributed by atoms with E-state index in [2.05, 4.69) is 6.92 Å². The molecule has 0 fully saturated rings. The molecule has 0 aromatic heterocycles. The molecule has 0 amide bonds. The van der Waals surface area contributed by atoms with E-state index in [1.165, 1.54) is 0 Å². The summed E-state index contributed by atoms with van der Waals surface area (Å²) >= 11 is 0. The van der Waals surface area contributed by atoms with Crippen LogP contribution in [0.15, 0.2) is 0 Å². The topological polar surface area (TPSA) is 34.1 Å². The molecule has 0 saturated heterocycles. The Balaban J connectivity index is 4.09. The summed E-state index contributed by atoms with van der Waals surface area (Å²) in [6.07, 6.45) is 4.60. The van der Waals surface area contributed by atoms with Gasteiger partial charge in [-0.25, -0.2) is 0 Å². The molecule has 1 unspecified atom stereocenters. The smallest absolute Gasteiger partial charge is 0.136 e. The van der Waals surface area contributed by atoms with Crippen LogP contribution < -0.4 is 0 Å². The molecule has 0 aromatic rings. The summed E-state index contributed by atoms with van der Waals surface area (Å²) in [6, 6.07) is 0. The Bertz CT molecular complexity index is 185. The number of hydrogen-bond acceptors (Lipinski definition) is 2. The summed E-state index contributed by atoms with van der Waals surface area (Å²) in [5.74, 6) is 0.459. The standard InChI is InChI=1S/C12H22O2/c1-4-7-8-10(12(14)6-3)9-11(13)5-2/h10H,4-9H2,1-3H3. The molecule has 0 aromatic carbocycles. The van der Waals surface area contributed by atoms with E-state index in [9.17, 15) is 9.59 Å². The van der Waals surface area contributed by atoms with Crippen LogP contribution >= 0.6 is 0 Å². The predicted octanol–water partition coefficient (Wildman–Crippen LogP) is 3.14. The second-order valence-corrected chi connectivity index (χ2v) is 3.76. The van der Waals surface area contributed by atoms with Gasteiger partial charge in [0.15, 0.2) is 0 Å². The monoisotopic (exact) mass is 198 g/mol. The first kappa shape index (κ1) is 13.3. The van der Waals surface area contributed by atoms with Crippen molar-refractivity contribution in [1.29, 1.82) is 0 Å². The summed E-state index contributed by atoms with van der Waals surface area (Å²) in [4.78, 5) is 22.8. The number of hydrogen-bond donors (Lipinski definition) is 0. The van der Waals surface area contributed by atoms with Gasteiger partial charge in [-0.05, 0) is 6.42 Å². The maximum absolute atomic E-state index is 11.5. The fourth-order valence-electron chi connectivity index (χ4n) is 1.54. The number of rotatable bonds is 8. The van der Waals surface area contributed by atoms with Crippen molar-refractivity contribution in [1.82, 2.24) is 0 Å². The fourth-order valence-corrected chi connectivity index (χ4v) is 1.54. The van der Waals surface area contributed by atoms with Crippen LogP contribution in [0.4, 0.5) is 0 Å². The van der Waals surface area contributed by atoms with Gasteiger partial charge < -0.3 is 0 Å². The largest absolute Gasteiger partial charge is 0.300 e. The van der Waals surface area contributed by atoms with Crippen molar-refractivity contribution in [3.63, 3.8) is 0 Å². The number of ketones is 2. The molecule has 0 bridgehead atoms. The third kappa shape index (κ3) is 5.15. The highest BCUT2D eigenvalue weighted by molar-refractivity contribution is 5.87. The first-order chi connectivity index (χ1) is 6.65. The van der Waals surface area contributed by atoms with Gasteiger partial charge in [0.25, 0.3) is 0 Å². The fraction of sp³-hybridized carbons (Fsp3) is 0.833. The molecule has 0 rings (SSSR count). The number of Topliss-reactive ketones (excluding diaryl/α,β-unsaturated/α-hetero) is 2. The third-order valence-corrected chi connectivity index (χ3v) is 2.58. The lowest BCUT2D eigenvalue weighted by Crippen LogP contribution is -2.17. The van der Waals surface area contributed by atoms with Crippen LogP contribution in [0, 0.1) is 5.92 Å². The Morgan fingerprint density at radius 3 is 2.14 bits per heavy atom. The Morgan fingerprint density at radius 1 is 1.07 bits per heavy atom. The minimum absolute atomic E-state index is 0.00704. The molecule has 0 aliphatic heterocycles. The highest BCUT2D eigenvalue weighted by Gasteiger charge is 2.18. The van der Waals surface area contributed by atoms with Crippen molar-refractivity contribution >= 4 is 11.6 Å². The normalized spacial score (nSPS) is 12.5. The van der Waals surface area contributed by atoms with E-state index in [1.54, 1.807) is 0 Å². The van der Waals surface area contributed by atoms with Crippen molar-refractivity contribution in [3.05, 3.63) is 0 Å². The van der Waals surface area contributed by atoms with E-state index in [-0.39, 0.29) is 17.5 Å². The molecule has 0 aliphatic carbocycles. The van der Waals surface area contributed by atoms with Crippen LogP contribution in [0.25, 0.3) is 0 Å². The summed E-state index contributed by atoms with van der Waals surface area (Å²) in [5.41, 5.74) is 0. The quantitative estimate of drug-likeness (QED) is 0.600. The molecule has 82 valence electrons. The van der Waals surface area contributed by atoms with Gasteiger partial charge in [-0.2, -0.15) is 0 Å². The molecule has 0 heterocycles. The van der Waals surface area contributed by atoms with Crippen molar-refractivity contribution in [2.45, 2.75) is 59.3 Å². The third-order valence-electron chi connectivity index (χ3n) is 2.58. The molecular weight excluding hydrogens is 176 g/mol. The number of carbonyl (C=O) groups excluding carboxylic acids is 2. The first-order valence-electron chi connectivity index (χ1n) is 5.70.